The van der Waals surface area contributed by atoms with Crippen molar-refractivity contribution in [2.24, 2.45) is 0 Å². The average Bonchev–Trinajstić information content (AvgIpc) is 2.59. The minimum atomic E-state index is -3.18. The Morgan fingerprint density at radius 2 is 1.80 bits per heavy atom. The van der Waals surface area contributed by atoms with Crippen molar-refractivity contribution in [3.63, 3.8) is 0 Å². The van der Waals surface area contributed by atoms with E-state index in [1.807, 2.05) is 20.8 Å². The van der Waals surface area contributed by atoms with E-state index in [9.17, 15) is 8.42 Å². The van der Waals surface area contributed by atoms with Gasteiger partial charge in [-0.05, 0) is 33.2 Å². The van der Waals surface area contributed by atoms with Gasteiger partial charge >= 0.3 is 0 Å². The molecule has 0 saturated carbocycles. The molecule has 0 amide bonds. The Morgan fingerprint density at radius 3 is 2.45 bits per heavy atom. The highest BCUT2D eigenvalue weighted by Gasteiger charge is 2.39. The van der Waals surface area contributed by atoms with Crippen LogP contribution in [0.4, 0.5) is 0 Å². The van der Waals surface area contributed by atoms with Gasteiger partial charge in [0.2, 0.25) is 10.0 Å². The van der Waals surface area contributed by atoms with Crippen molar-refractivity contribution >= 4 is 10.0 Å². The van der Waals surface area contributed by atoms with E-state index in [-0.39, 0.29) is 5.25 Å². The van der Waals surface area contributed by atoms with Gasteiger partial charge in [0.1, 0.15) is 0 Å². The molecule has 0 aromatic heterocycles. The molecule has 2 aliphatic heterocycles. The lowest BCUT2D eigenvalue weighted by Crippen LogP contribution is -2.46. The van der Waals surface area contributed by atoms with Crippen LogP contribution < -0.4 is 5.32 Å². The number of hydrogen-bond acceptors (Lipinski definition) is 4. The highest BCUT2D eigenvalue weighted by Crippen LogP contribution is 2.30. The van der Waals surface area contributed by atoms with Crippen LogP contribution in [0.3, 0.4) is 0 Å². The zero-order valence-electron chi connectivity index (χ0n) is 13.2. The summed E-state index contributed by atoms with van der Waals surface area (Å²) in [6.07, 6.45) is 3.32. The van der Waals surface area contributed by atoms with Gasteiger partial charge in [-0.25, -0.2) is 12.7 Å². The standard InChI is InChI=1S/C14H29N3O2S/c1-11(2)15-9-12(3)20(18,19)17-8-7-13-5-6-14(10-17)16(13)4/h11-15H,5-10H2,1-4H3. The number of nitrogens with one attached hydrogen (secondary N) is 1. The van der Waals surface area contributed by atoms with Crippen LogP contribution in [0.5, 0.6) is 0 Å². The fourth-order valence-corrected chi connectivity index (χ4v) is 4.83. The quantitative estimate of drug-likeness (QED) is 0.819. The van der Waals surface area contributed by atoms with Crippen molar-refractivity contribution in [1.82, 2.24) is 14.5 Å². The molecule has 0 aromatic carbocycles. The van der Waals surface area contributed by atoms with E-state index in [1.165, 1.54) is 6.42 Å². The Bertz CT molecular complexity index is 424. The van der Waals surface area contributed by atoms with Crippen LogP contribution >= 0.6 is 0 Å². The summed E-state index contributed by atoms with van der Waals surface area (Å²) in [7, 11) is -1.04. The molecule has 1 N–H and O–H groups in total. The van der Waals surface area contributed by atoms with Crippen LogP contribution in [-0.4, -0.2) is 67.7 Å². The Morgan fingerprint density at radius 1 is 1.15 bits per heavy atom. The Labute approximate surface area is 123 Å². The van der Waals surface area contributed by atoms with Crippen LogP contribution in [0.1, 0.15) is 40.0 Å². The van der Waals surface area contributed by atoms with E-state index in [0.717, 1.165) is 12.8 Å². The molecule has 0 spiro atoms. The molecular formula is C14H29N3O2S. The largest absolute Gasteiger partial charge is 0.313 e. The molecule has 6 heteroatoms. The fraction of sp³-hybridized carbons (Fsp3) is 1.00. The maximum absolute atomic E-state index is 12.7. The highest BCUT2D eigenvalue weighted by atomic mass is 32.2. The molecule has 2 saturated heterocycles. The lowest BCUT2D eigenvalue weighted by molar-refractivity contribution is 0.246. The van der Waals surface area contributed by atoms with Gasteiger partial charge in [0.05, 0.1) is 5.25 Å². The summed E-state index contributed by atoms with van der Waals surface area (Å²) in [6.45, 7) is 7.78. The van der Waals surface area contributed by atoms with Gasteiger partial charge in [-0.15, -0.1) is 0 Å². The molecular weight excluding hydrogens is 274 g/mol. The van der Waals surface area contributed by atoms with Gasteiger partial charge in [0, 0.05) is 37.8 Å². The number of fused-ring (bicyclic) bond motifs is 2. The lowest BCUT2D eigenvalue weighted by atomic mass is 10.1. The summed E-state index contributed by atoms with van der Waals surface area (Å²) in [5, 5.41) is 2.88. The first kappa shape index (κ1) is 16.2. The summed E-state index contributed by atoms with van der Waals surface area (Å²) < 4.78 is 27.1. The van der Waals surface area contributed by atoms with Gasteiger partial charge in [-0.3, -0.25) is 4.90 Å². The molecule has 0 aliphatic carbocycles. The summed E-state index contributed by atoms with van der Waals surface area (Å²) in [5.74, 6) is 0. The second-order valence-electron chi connectivity index (χ2n) is 6.62. The molecule has 5 nitrogen and oxygen atoms in total. The van der Waals surface area contributed by atoms with Crippen molar-refractivity contribution in [2.45, 2.75) is 63.4 Å². The SMILES string of the molecule is CC(C)NCC(C)S(=O)(=O)N1CCC2CCC(C1)N2C. The summed E-state index contributed by atoms with van der Waals surface area (Å²) >= 11 is 0. The van der Waals surface area contributed by atoms with E-state index in [1.54, 1.807) is 4.31 Å². The Hall–Kier alpha value is -0.170. The molecule has 3 unspecified atom stereocenters. The maximum Gasteiger partial charge on any atom is 0.218 e. The van der Waals surface area contributed by atoms with Gasteiger partial charge in [0.25, 0.3) is 0 Å². The normalized spacial score (nSPS) is 30.6. The van der Waals surface area contributed by atoms with Crippen LogP contribution in [0, 0.1) is 0 Å². The highest BCUT2D eigenvalue weighted by molar-refractivity contribution is 7.89. The third-order valence-electron chi connectivity index (χ3n) is 4.79. The molecule has 0 radical (unpaired) electrons. The predicted molar refractivity (Wildman–Crippen MR) is 82.3 cm³/mol. The third-order valence-corrected chi connectivity index (χ3v) is 7.03. The Balaban J connectivity index is 2.02. The summed E-state index contributed by atoms with van der Waals surface area (Å²) in [4.78, 5) is 2.38. The second kappa shape index (κ2) is 6.30. The summed E-state index contributed by atoms with van der Waals surface area (Å²) in [6, 6.07) is 1.30. The van der Waals surface area contributed by atoms with E-state index < -0.39 is 10.0 Å². The van der Waals surface area contributed by atoms with Crippen molar-refractivity contribution in [3.05, 3.63) is 0 Å². The van der Waals surface area contributed by atoms with Crippen LogP contribution in [0.25, 0.3) is 0 Å². The van der Waals surface area contributed by atoms with Crippen molar-refractivity contribution in [2.75, 3.05) is 26.7 Å². The molecule has 2 heterocycles. The monoisotopic (exact) mass is 303 g/mol. The zero-order valence-corrected chi connectivity index (χ0v) is 14.0. The first-order valence-corrected chi connectivity index (χ1v) is 9.27. The number of hydrogen-bond donors (Lipinski definition) is 1. The smallest absolute Gasteiger partial charge is 0.218 e. The third kappa shape index (κ3) is 3.35. The number of rotatable bonds is 5. The van der Waals surface area contributed by atoms with Gasteiger partial charge in [0.15, 0.2) is 0 Å². The van der Waals surface area contributed by atoms with Crippen molar-refractivity contribution in [3.8, 4) is 0 Å². The molecule has 2 aliphatic rings. The number of likely N-dealkylation sites (N-methyl/N-ethyl adjacent to an activating group) is 1. The number of sulfonamides is 1. The van der Waals surface area contributed by atoms with Crippen molar-refractivity contribution < 1.29 is 8.42 Å². The first-order chi connectivity index (χ1) is 9.32. The van der Waals surface area contributed by atoms with Crippen LogP contribution in [0.15, 0.2) is 0 Å². The molecule has 2 bridgehead atoms. The molecule has 2 fully saturated rings. The fourth-order valence-electron chi connectivity index (χ4n) is 3.27. The first-order valence-electron chi connectivity index (χ1n) is 7.76. The zero-order chi connectivity index (χ0) is 14.9. The molecule has 2 rings (SSSR count). The predicted octanol–water partition coefficient (Wildman–Crippen LogP) is 0.871. The number of nitrogens with zero attached hydrogens (tertiary/aromatic N) is 2. The maximum atomic E-state index is 12.7. The van der Waals surface area contributed by atoms with E-state index in [2.05, 4.69) is 17.3 Å². The van der Waals surface area contributed by atoms with Gasteiger partial charge in [-0.1, -0.05) is 13.8 Å². The van der Waals surface area contributed by atoms with Crippen LogP contribution in [0.2, 0.25) is 0 Å². The molecule has 3 atom stereocenters. The van der Waals surface area contributed by atoms with E-state index in [4.69, 9.17) is 0 Å². The summed E-state index contributed by atoms with van der Waals surface area (Å²) in [5.41, 5.74) is 0. The van der Waals surface area contributed by atoms with E-state index >= 15 is 0 Å². The lowest BCUT2D eigenvalue weighted by Gasteiger charge is -2.28. The van der Waals surface area contributed by atoms with Crippen molar-refractivity contribution in [1.29, 1.82) is 0 Å². The van der Waals surface area contributed by atoms with Gasteiger partial charge < -0.3 is 5.32 Å². The molecule has 20 heavy (non-hydrogen) atoms. The average molecular weight is 303 g/mol. The molecule has 118 valence electrons. The topological polar surface area (TPSA) is 52.7 Å². The minimum Gasteiger partial charge on any atom is -0.313 e. The minimum absolute atomic E-state index is 0.318. The Kier molecular flexibility index (Phi) is 5.10. The second-order valence-corrected chi connectivity index (χ2v) is 8.97. The van der Waals surface area contributed by atoms with Gasteiger partial charge in [-0.2, -0.15) is 0 Å². The van der Waals surface area contributed by atoms with Crippen LogP contribution in [-0.2, 0) is 10.0 Å². The molecule has 0 aromatic rings. The van der Waals surface area contributed by atoms with E-state index in [0.29, 0.717) is 37.8 Å².